The average Bonchev–Trinajstić information content (AvgIpc) is 3.12. The van der Waals surface area contributed by atoms with Crippen LogP contribution in [0.15, 0.2) is 54.6 Å². The van der Waals surface area contributed by atoms with Crippen molar-refractivity contribution in [2.45, 2.75) is 25.1 Å². The van der Waals surface area contributed by atoms with Crippen LogP contribution in [0.5, 0.6) is 0 Å². The highest BCUT2D eigenvalue weighted by Gasteiger charge is 2.30. The van der Waals surface area contributed by atoms with E-state index in [-0.39, 0.29) is 18.9 Å². The number of nitrogens with zero attached hydrogens (tertiary/aromatic N) is 1. The molecule has 1 aromatic heterocycles. The van der Waals surface area contributed by atoms with Crippen LogP contribution in [0.4, 0.5) is 13.2 Å². The number of para-hydroxylation sites is 1. The Bertz CT molecular complexity index is 1130. The van der Waals surface area contributed by atoms with E-state index in [1.165, 1.54) is 6.07 Å². The number of pyridine rings is 1. The zero-order valence-corrected chi connectivity index (χ0v) is 15.7. The van der Waals surface area contributed by atoms with Crippen LogP contribution in [0.3, 0.4) is 0 Å². The molecular formula is C22H17F3N2O3. The summed E-state index contributed by atoms with van der Waals surface area (Å²) in [6, 6.07) is 13.0. The largest absolute Gasteiger partial charge is 0.464 e. The van der Waals surface area contributed by atoms with E-state index in [0.717, 1.165) is 17.5 Å². The first-order chi connectivity index (χ1) is 14.3. The van der Waals surface area contributed by atoms with Crippen molar-refractivity contribution in [1.82, 2.24) is 10.3 Å². The maximum Gasteiger partial charge on any atom is 0.416 e. The van der Waals surface area contributed by atoms with Crippen LogP contribution in [0.25, 0.3) is 22.2 Å². The number of carbonyl (C=O) groups excluding carboxylic acids is 2. The van der Waals surface area contributed by atoms with E-state index in [4.69, 9.17) is 4.74 Å². The fraction of sp³-hybridized carbons (Fsp3) is 0.227. The molecule has 0 saturated carbocycles. The molecule has 0 aliphatic carbocycles. The number of hydrogen-bond donors (Lipinski definition) is 1. The number of cyclic esters (lactones) is 1. The summed E-state index contributed by atoms with van der Waals surface area (Å²) in [6.07, 6.45) is -4.03. The predicted molar refractivity (Wildman–Crippen MR) is 103 cm³/mol. The number of benzene rings is 2. The minimum Gasteiger partial charge on any atom is -0.464 e. The molecule has 0 spiro atoms. The van der Waals surface area contributed by atoms with Crippen LogP contribution in [0.1, 0.15) is 17.5 Å². The Morgan fingerprint density at radius 1 is 1.13 bits per heavy atom. The fourth-order valence-corrected chi connectivity index (χ4v) is 3.41. The molecule has 8 heteroatoms. The number of halogens is 3. The van der Waals surface area contributed by atoms with E-state index < -0.39 is 23.8 Å². The second kappa shape index (κ2) is 7.78. The van der Waals surface area contributed by atoms with Gasteiger partial charge in [-0.05, 0) is 23.8 Å². The van der Waals surface area contributed by atoms with Crippen molar-refractivity contribution in [3.8, 4) is 11.3 Å². The number of aromatic nitrogens is 1. The van der Waals surface area contributed by atoms with Gasteiger partial charge in [0.1, 0.15) is 6.04 Å². The number of fused-ring (bicyclic) bond motifs is 1. The molecule has 0 radical (unpaired) electrons. The van der Waals surface area contributed by atoms with E-state index in [1.54, 1.807) is 30.3 Å². The Morgan fingerprint density at radius 2 is 1.93 bits per heavy atom. The minimum atomic E-state index is -4.45. The first-order valence-electron chi connectivity index (χ1n) is 9.33. The van der Waals surface area contributed by atoms with E-state index in [0.29, 0.717) is 28.8 Å². The number of amides is 1. The van der Waals surface area contributed by atoms with Crippen LogP contribution >= 0.6 is 0 Å². The first-order valence-corrected chi connectivity index (χ1v) is 9.33. The monoisotopic (exact) mass is 414 g/mol. The van der Waals surface area contributed by atoms with Crippen molar-refractivity contribution >= 4 is 22.8 Å². The second-order valence-electron chi connectivity index (χ2n) is 7.02. The third-order valence-electron chi connectivity index (χ3n) is 4.91. The zero-order chi connectivity index (χ0) is 21.3. The average molecular weight is 414 g/mol. The number of rotatable bonds is 4. The van der Waals surface area contributed by atoms with Crippen molar-refractivity contribution < 1.29 is 27.5 Å². The number of alkyl halides is 3. The van der Waals surface area contributed by atoms with Gasteiger partial charge in [-0.3, -0.25) is 4.79 Å². The van der Waals surface area contributed by atoms with Crippen molar-refractivity contribution in [1.29, 1.82) is 0 Å². The topological polar surface area (TPSA) is 68.3 Å². The molecule has 1 amide bonds. The van der Waals surface area contributed by atoms with Crippen LogP contribution in [0.2, 0.25) is 0 Å². The number of ether oxygens (including phenoxy) is 1. The number of hydrogen-bond acceptors (Lipinski definition) is 4. The van der Waals surface area contributed by atoms with Crippen LogP contribution in [-0.2, 0) is 26.9 Å². The molecule has 154 valence electrons. The molecule has 2 heterocycles. The molecule has 30 heavy (non-hydrogen) atoms. The summed E-state index contributed by atoms with van der Waals surface area (Å²) in [6.45, 7) is 0.278. The smallest absolute Gasteiger partial charge is 0.416 e. The fourth-order valence-electron chi connectivity index (χ4n) is 3.41. The molecule has 1 aliphatic rings. The summed E-state index contributed by atoms with van der Waals surface area (Å²) in [5, 5.41) is 3.41. The van der Waals surface area contributed by atoms with Crippen LogP contribution in [0, 0.1) is 0 Å². The highest BCUT2D eigenvalue weighted by molar-refractivity contribution is 5.91. The highest BCUT2D eigenvalue weighted by Crippen LogP contribution is 2.32. The highest BCUT2D eigenvalue weighted by atomic mass is 19.4. The molecule has 1 atom stereocenters. The summed E-state index contributed by atoms with van der Waals surface area (Å²) in [5.74, 6) is -0.802. The lowest BCUT2D eigenvalue weighted by molar-refractivity contribution is -0.141. The van der Waals surface area contributed by atoms with Gasteiger partial charge in [-0.2, -0.15) is 13.2 Å². The van der Waals surface area contributed by atoms with E-state index in [2.05, 4.69) is 10.3 Å². The summed E-state index contributed by atoms with van der Waals surface area (Å²) < 4.78 is 44.0. The molecule has 1 saturated heterocycles. The van der Waals surface area contributed by atoms with Gasteiger partial charge in [0.25, 0.3) is 0 Å². The van der Waals surface area contributed by atoms with Gasteiger partial charge < -0.3 is 10.1 Å². The number of carbonyl (C=O) groups is 2. The van der Waals surface area contributed by atoms with E-state index in [9.17, 15) is 22.8 Å². The second-order valence-corrected chi connectivity index (χ2v) is 7.02. The van der Waals surface area contributed by atoms with Crippen molar-refractivity contribution in [2.24, 2.45) is 0 Å². The zero-order valence-electron chi connectivity index (χ0n) is 15.7. The molecule has 5 nitrogen and oxygen atoms in total. The number of esters is 1. The Kier molecular flexibility index (Phi) is 5.15. The van der Waals surface area contributed by atoms with Crippen LogP contribution < -0.4 is 5.32 Å². The standard InChI is InChI=1S/C22H17F3N2O3/c23-22(24,25)16-6-2-4-14(11-16)17-8-7-13-3-1-5-15(20(13)27-17)12-19(28)26-18-9-10-30-21(18)29/h1-8,11,18H,9-10,12H2,(H,26,28). The molecule has 1 aliphatic heterocycles. The van der Waals surface area contributed by atoms with Crippen molar-refractivity contribution in [2.75, 3.05) is 6.61 Å². The lowest BCUT2D eigenvalue weighted by Crippen LogP contribution is -2.38. The van der Waals surface area contributed by atoms with Gasteiger partial charge in [0, 0.05) is 17.4 Å². The van der Waals surface area contributed by atoms with E-state index in [1.807, 2.05) is 6.07 Å². The van der Waals surface area contributed by atoms with Crippen molar-refractivity contribution in [3.63, 3.8) is 0 Å². The lowest BCUT2D eigenvalue weighted by Gasteiger charge is -2.12. The lowest BCUT2D eigenvalue weighted by atomic mass is 10.0. The Morgan fingerprint density at radius 3 is 2.67 bits per heavy atom. The third kappa shape index (κ3) is 4.12. The molecular weight excluding hydrogens is 397 g/mol. The van der Waals surface area contributed by atoms with Gasteiger partial charge in [0.2, 0.25) is 5.91 Å². The number of nitrogens with one attached hydrogen (secondary N) is 1. The summed E-state index contributed by atoms with van der Waals surface area (Å²) in [4.78, 5) is 28.5. The predicted octanol–water partition coefficient (Wildman–Crippen LogP) is 3.89. The first kappa shape index (κ1) is 19.9. The minimum absolute atomic E-state index is 0.0137. The summed E-state index contributed by atoms with van der Waals surface area (Å²) >= 11 is 0. The Hall–Kier alpha value is -3.42. The molecule has 2 aromatic carbocycles. The Balaban J connectivity index is 1.64. The third-order valence-corrected chi connectivity index (χ3v) is 4.91. The molecule has 4 rings (SSSR count). The van der Waals surface area contributed by atoms with Gasteiger partial charge in [-0.15, -0.1) is 0 Å². The quantitative estimate of drug-likeness (QED) is 0.658. The normalized spacial score (nSPS) is 16.5. The molecule has 3 aromatic rings. The van der Waals surface area contributed by atoms with Gasteiger partial charge in [-0.25, -0.2) is 9.78 Å². The molecule has 0 bridgehead atoms. The van der Waals surface area contributed by atoms with Gasteiger partial charge in [0.15, 0.2) is 0 Å². The maximum atomic E-state index is 13.0. The summed E-state index contributed by atoms with van der Waals surface area (Å²) in [7, 11) is 0. The molecule has 1 fully saturated rings. The van der Waals surface area contributed by atoms with Gasteiger partial charge >= 0.3 is 12.1 Å². The SMILES string of the molecule is O=C(Cc1cccc2ccc(-c3cccc(C(F)(F)F)c3)nc12)NC1CCOC1=O. The van der Waals surface area contributed by atoms with Gasteiger partial charge in [0.05, 0.1) is 29.8 Å². The maximum absolute atomic E-state index is 13.0. The van der Waals surface area contributed by atoms with E-state index >= 15 is 0 Å². The molecule has 1 N–H and O–H groups in total. The summed E-state index contributed by atoms with van der Waals surface area (Å²) in [5.41, 5.74) is 1.10. The van der Waals surface area contributed by atoms with Gasteiger partial charge in [-0.1, -0.05) is 36.4 Å². The van der Waals surface area contributed by atoms with Crippen molar-refractivity contribution in [3.05, 3.63) is 65.7 Å². The molecule has 1 unspecified atom stereocenters. The van der Waals surface area contributed by atoms with Crippen LogP contribution in [-0.4, -0.2) is 29.5 Å². The Labute approximate surface area is 169 Å².